The summed E-state index contributed by atoms with van der Waals surface area (Å²) in [5.74, 6) is 0.432. The van der Waals surface area contributed by atoms with Crippen LogP contribution >= 0.6 is 0 Å². The third-order valence-electron chi connectivity index (χ3n) is 2.02. The van der Waals surface area contributed by atoms with Crippen molar-refractivity contribution >= 4 is 0 Å². The van der Waals surface area contributed by atoms with Gasteiger partial charge >= 0.3 is 0 Å². The molecule has 0 aromatic heterocycles. The average molecular weight is 167 g/mol. The second-order valence-corrected chi connectivity index (χ2v) is 2.92. The normalized spacial score (nSPS) is 22.6. The largest absolute Gasteiger partial charge is 0.371 e. The lowest BCUT2D eigenvalue weighted by atomic mass is 9.89. The molecule has 0 saturated heterocycles. The third kappa shape index (κ3) is 2.80. The molecule has 1 N–H and O–H groups in total. The Bertz CT molecular complexity index is 173. The molecule has 2 heteroatoms. The van der Waals surface area contributed by atoms with Gasteiger partial charge in [-0.2, -0.15) is 0 Å². The van der Waals surface area contributed by atoms with E-state index in [1.807, 2.05) is 0 Å². The summed E-state index contributed by atoms with van der Waals surface area (Å²) in [6.45, 7) is 4.16. The minimum absolute atomic E-state index is 0.221. The number of allylic oxidation sites excluding steroid dienone is 2. The minimum atomic E-state index is -0.221. The first-order valence-corrected chi connectivity index (χ1v) is 4.19. The molecule has 12 heavy (non-hydrogen) atoms. The maximum Gasteiger partial charge on any atom is 0.143 e. The van der Waals surface area contributed by atoms with Crippen molar-refractivity contribution in [3.8, 4) is 0 Å². The van der Waals surface area contributed by atoms with Crippen molar-refractivity contribution in [1.29, 1.82) is 0 Å². The molecule has 0 fully saturated rings. The van der Waals surface area contributed by atoms with Gasteiger partial charge < -0.3 is 9.84 Å². The maximum absolute atomic E-state index is 8.43. The van der Waals surface area contributed by atoms with E-state index >= 15 is 0 Å². The molecule has 0 heterocycles. The van der Waals surface area contributed by atoms with E-state index in [1.165, 1.54) is 0 Å². The van der Waals surface area contributed by atoms with E-state index in [9.17, 15) is 0 Å². The molecule has 0 saturated carbocycles. The van der Waals surface area contributed by atoms with Gasteiger partial charge in [0.05, 0.1) is 6.61 Å². The predicted octanol–water partition coefficient (Wildman–Crippen LogP) is 1.68. The Labute approximate surface area is 73.5 Å². The van der Waals surface area contributed by atoms with E-state index in [0.29, 0.717) is 12.5 Å². The quantitative estimate of drug-likeness (QED) is 0.510. The van der Waals surface area contributed by atoms with Gasteiger partial charge in [0.15, 0.2) is 0 Å². The summed E-state index contributed by atoms with van der Waals surface area (Å²) in [5.41, 5.74) is 1.05. The molecule has 0 aliphatic heterocycles. The van der Waals surface area contributed by atoms with Crippen molar-refractivity contribution in [3.63, 3.8) is 0 Å². The summed E-state index contributed by atoms with van der Waals surface area (Å²) in [6.07, 6.45) is 8.57. The van der Waals surface area contributed by atoms with Crippen LogP contribution in [0.15, 0.2) is 24.3 Å². The lowest BCUT2D eigenvalue weighted by Gasteiger charge is -2.19. The van der Waals surface area contributed by atoms with E-state index in [0.717, 1.165) is 18.4 Å². The fourth-order valence-corrected chi connectivity index (χ4v) is 1.30. The van der Waals surface area contributed by atoms with Gasteiger partial charge in [0.1, 0.15) is 6.79 Å². The van der Waals surface area contributed by atoms with E-state index in [4.69, 9.17) is 9.84 Å². The molecule has 0 aromatic rings. The summed E-state index contributed by atoms with van der Waals surface area (Å²) >= 11 is 0. The Morgan fingerprint density at radius 2 is 2.42 bits per heavy atom. The highest BCUT2D eigenvalue weighted by molar-refractivity contribution is 5.13. The molecule has 2 nitrogen and oxygen atoms in total. The van der Waals surface area contributed by atoms with Crippen LogP contribution in [0.2, 0.25) is 0 Å². The SMILES string of the molecule is C=C(COCO)C1[CH]CC=CC1. The highest BCUT2D eigenvalue weighted by atomic mass is 16.6. The molecule has 0 amide bonds. The van der Waals surface area contributed by atoms with Crippen molar-refractivity contribution in [1.82, 2.24) is 0 Å². The summed E-state index contributed by atoms with van der Waals surface area (Å²) in [5, 5.41) is 8.43. The Balaban J connectivity index is 2.26. The fourth-order valence-electron chi connectivity index (χ4n) is 1.30. The third-order valence-corrected chi connectivity index (χ3v) is 2.02. The van der Waals surface area contributed by atoms with Gasteiger partial charge in [-0.25, -0.2) is 0 Å². The topological polar surface area (TPSA) is 29.5 Å². The highest BCUT2D eigenvalue weighted by Gasteiger charge is 2.13. The summed E-state index contributed by atoms with van der Waals surface area (Å²) in [7, 11) is 0. The van der Waals surface area contributed by atoms with Gasteiger partial charge in [-0.05, 0) is 30.8 Å². The second-order valence-electron chi connectivity index (χ2n) is 2.92. The Kier molecular flexibility index (Phi) is 4.05. The second kappa shape index (κ2) is 5.12. The van der Waals surface area contributed by atoms with Crippen LogP contribution in [-0.2, 0) is 4.74 Å². The molecule has 0 bridgehead atoms. The van der Waals surface area contributed by atoms with E-state index in [2.05, 4.69) is 25.2 Å². The van der Waals surface area contributed by atoms with E-state index < -0.39 is 0 Å². The van der Waals surface area contributed by atoms with Crippen LogP contribution in [0.5, 0.6) is 0 Å². The first-order valence-electron chi connectivity index (χ1n) is 4.19. The van der Waals surface area contributed by atoms with Gasteiger partial charge in [0.2, 0.25) is 0 Å². The van der Waals surface area contributed by atoms with Crippen LogP contribution in [0.4, 0.5) is 0 Å². The van der Waals surface area contributed by atoms with Crippen molar-refractivity contribution in [3.05, 3.63) is 30.7 Å². The Morgan fingerprint density at radius 1 is 1.58 bits per heavy atom. The highest BCUT2D eigenvalue weighted by Crippen LogP contribution is 2.23. The number of aliphatic hydroxyl groups is 1. The van der Waals surface area contributed by atoms with Crippen LogP contribution in [-0.4, -0.2) is 18.5 Å². The average Bonchev–Trinajstić information content (AvgIpc) is 2.15. The predicted molar refractivity (Wildman–Crippen MR) is 48.3 cm³/mol. The number of ether oxygens (including phenoxy) is 1. The molecule has 1 radical (unpaired) electrons. The molecule has 67 valence electrons. The molecule has 0 aromatic carbocycles. The summed E-state index contributed by atoms with van der Waals surface area (Å²) < 4.78 is 4.86. The number of aliphatic hydroxyl groups excluding tert-OH is 1. The maximum atomic E-state index is 8.43. The van der Waals surface area contributed by atoms with Crippen molar-refractivity contribution in [2.24, 2.45) is 5.92 Å². The van der Waals surface area contributed by atoms with E-state index in [1.54, 1.807) is 0 Å². The lowest BCUT2D eigenvalue weighted by molar-refractivity contribution is 0.00813. The molecule has 1 rings (SSSR count). The number of hydrogen-bond acceptors (Lipinski definition) is 2. The standard InChI is InChI=1S/C10H15O2/c1-9(7-12-8-11)10-5-3-2-4-6-10/h2-3,6,10-11H,1,4-5,7-8H2. The zero-order valence-electron chi connectivity index (χ0n) is 7.20. The summed E-state index contributed by atoms with van der Waals surface area (Å²) in [4.78, 5) is 0. The molecule has 1 atom stereocenters. The first-order chi connectivity index (χ1) is 5.84. The van der Waals surface area contributed by atoms with Crippen LogP contribution < -0.4 is 0 Å². The van der Waals surface area contributed by atoms with Gasteiger partial charge in [-0.3, -0.25) is 0 Å². The van der Waals surface area contributed by atoms with Gasteiger partial charge in [0.25, 0.3) is 0 Å². The van der Waals surface area contributed by atoms with Crippen LogP contribution in [0.1, 0.15) is 12.8 Å². The molecular weight excluding hydrogens is 152 g/mol. The zero-order chi connectivity index (χ0) is 8.81. The van der Waals surface area contributed by atoms with Crippen LogP contribution in [0.25, 0.3) is 0 Å². The van der Waals surface area contributed by atoms with Gasteiger partial charge in [-0.15, -0.1) is 0 Å². The van der Waals surface area contributed by atoms with Crippen molar-refractivity contribution in [2.75, 3.05) is 13.4 Å². The van der Waals surface area contributed by atoms with Crippen LogP contribution in [0.3, 0.4) is 0 Å². The molecule has 1 aliphatic rings. The number of hydrogen-bond donors (Lipinski definition) is 1. The Morgan fingerprint density at radius 3 is 3.00 bits per heavy atom. The molecule has 1 unspecified atom stereocenters. The lowest BCUT2D eigenvalue weighted by Crippen LogP contribution is -2.11. The zero-order valence-corrected chi connectivity index (χ0v) is 7.20. The Hall–Kier alpha value is -0.600. The molecule has 1 aliphatic carbocycles. The summed E-state index contributed by atoms with van der Waals surface area (Å²) in [6, 6.07) is 0. The van der Waals surface area contributed by atoms with Crippen molar-refractivity contribution < 1.29 is 9.84 Å². The smallest absolute Gasteiger partial charge is 0.143 e. The van der Waals surface area contributed by atoms with E-state index in [-0.39, 0.29) is 6.79 Å². The molecular formula is C10H15O2. The van der Waals surface area contributed by atoms with Crippen LogP contribution in [0, 0.1) is 12.3 Å². The fraction of sp³-hybridized carbons (Fsp3) is 0.500. The molecule has 0 spiro atoms. The van der Waals surface area contributed by atoms with Crippen molar-refractivity contribution in [2.45, 2.75) is 12.8 Å². The minimum Gasteiger partial charge on any atom is -0.371 e. The van der Waals surface area contributed by atoms with Gasteiger partial charge in [-0.1, -0.05) is 18.7 Å². The van der Waals surface area contributed by atoms with Gasteiger partial charge in [0, 0.05) is 0 Å². The monoisotopic (exact) mass is 167 g/mol. The first kappa shape index (κ1) is 9.49. The number of rotatable bonds is 4.